The van der Waals surface area contributed by atoms with Crippen LogP contribution in [0.5, 0.6) is 0 Å². The molecule has 0 amide bonds. The topological polar surface area (TPSA) is 52.4 Å². The zero-order chi connectivity index (χ0) is 6.69. The molecule has 1 fully saturated rings. The van der Waals surface area contributed by atoms with Crippen LogP contribution in [0.4, 0.5) is 0 Å². The molecule has 0 N–H and O–H groups in total. The normalized spacial score (nSPS) is 17.3. The van der Waals surface area contributed by atoms with Gasteiger partial charge < -0.3 is 4.84 Å². The second-order valence-corrected chi connectivity index (χ2v) is 2.08. The van der Waals surface area contributed by atoms with Crippen LogP contribution >= 0.6 is 0 Å². The van der Waals surface area contributed by atoms with E-state index in [1.807, 2.05) is 0 Å². The van der Waals surface area contributed by atoms with Crippen LogP contribution in [0.25, 0.3) is 0 Å². The Morgan fingerprint density at radius 3 is 3.00 bits per heavy atom. The Labute approximate surface area is 52.9 Å². The lowest BCUT2D eigenvalue weighted by Crippen LogP contribution is -2.02. The Morgan fingerprint density at radius 1 is 1.89 bits per heavy atom. The molecular formula is C5H8NO3. The highest BCUT2D eigenvalue weighted by molar-refractivity contribution is 4.93. The summed E-state index contributed by atoms with van der Waals surface area (Å²) >= 11 is 0. The second-order valence-electron chi connectivity index (χ2n) is 2.08. The molecule has 0 aromatic carbocycles. The van der Waals surface area contributed by atoms with Crippen molar-refractivity contribution in [1.29, 1.82) is 0 Å². The molecule has 1 rings (SSSR count). The summed E-state index contributed by atoms with van der Waals surface area (Å²) in [4.78, 5) is 13.7. The third-order valence-electron chi connectivity index (χ3n) is 1.25. The average molecular weight is 130 g/mol. The van der Waals surface area contributed by atoms with Crippen molar-refractivity contribution in [1.82, 2.24) is 0 Å². The van der Waals surface area contributed by atoms with E-state index in [1.165, 1.54) is 0 Å². The molecule has 4 heteroatoms. The molecular weight excluding hydrogens is 122 g/mol. The Balaban J connectivity index is 1.86. The molecule has 0 aromatic rings. The number of hydrogen-bond acceptors (Lipinski definition) is 3. The van der Waals surface area contributed by atoms with Gasteiger partial charge >= 0.3 is 0 Å². The summed E-state index contributed by atoms with van der Waals surface area (Å²) in [5.74, 6) is 0.588. The van der Waals surface area contributed by atoms with Crippen LogP contribution in [0.2, 0.25) is 0 Å². The van der Waals surface area contributed by atoms with Gasteiger partial charge in [0.05, 0.1) is 6.61 Å². The van der Waals surface area contributed by atoms with Gasteiger partial charge in [-0.15, -0.1) is 10.1 Å². The van der Waals surface area contributed by atoms with Gasteiger partial charge in [0.2, 0.25) is 0 Å². The smallest absolute Gasteiger partial charge is 0.294 e. The van der Waals surface area contributed by atoms with Crippen LogP contribution in [-0.2, 0) is 4.84 Å². The minimum atomic E-state index is -0.748. The monoisotopic (exact) mass is 130 g/mol. The van der Waals surface area contributed by atoms with Crippen LogP contribution in [0.1, 0.15) is 12.8 Å². The van der Waals surface area contributed by atoms with Crippen LogP contribution < -0.4 is 0 Å². The molecule has 0 spiro atoms. The van der Waals surface area contributed by atoms with Crippen molar-refractivity contribution in [2.75, 3.05) is 6.61 Å². The van der Waals surface area contributed by atoms with Crippen molar-refractivity contribution in [2.24, 2.45) is 5.92 Å². The summed E-state index contributed by atoms with van der Waals surface area (Å²) in [5, 5.41) is 8.83. The van der Waals surface area contributed by atoms with E-state index in [4.69, 9.17) is 0 Å². The highest BCUT2D eigenvalue weighted by Crippen LogP contribution is 2.30. The number of rotatable bonds is 4. The molecule has 0 saturated heterocycles. The molecule has 0 bridgehead atoms. The van der Waals surface area contributed by atoms with E-state index in [2.05, 4.69) is 11.3 Å². The van der Waals surface area contributed by atoms with Crippen LogP contribution in [-0.4, -0.2) is 11.7 Å². The van der Waals surface area contributed by atoms with Gasteiger partial charge in [0, 0.05) is 0 Å². The Morgan fingerprint density at radius 2 is 2.56 bits per heavy atom. The van der Waals surface area contributed by atoms with Gasteiger partial charge in [-0.25, -0.2) is 0 Å². The molecule has 4 nitrogen and oxygen atoms in total. The molecule has 1 aliphatic rings. The quantitative estimate of drug-likeness (QED) is 0.418. The third kappa shape index (κ3) is 2.90. The first-order chi connectivity index (χ1) is 4.29. The van der Waals surface area contributed by atoms with Gasteiger partial charge in [0.25, 0.3) is 5.09 Å². The third-order valence-corrected chi connectivity index (χ3v) is 1.25. The molecule has 1 aliphatic carbocycles. The number of hydrogen-bond donors (Lipinski definition) is 0. The lowest BCUT2D eigenvalue weighted by atomic mass is 10.3. The van der Waals surface area contributed by atoms with E-state index in [0.29, 0.717) is 5.92 Å². The molecule has 9 heavy (non-hydrogen) atoms. The molecule has 1 radical (unpaired) electrons. The van der Waals surface area contributed by atoms with Crippen molar-refractivity contribution in [3.05, 3.63) is 16.5 Å². The largest absolute Gasteiger partial charge is 0.314 e. The first kappa shape index (κ1) is 6.32. The average Bonchev–Trinajstić information content (AvgIpc) is 2.48. The van der Waals surface area contributed by atoms with Crippen molar-refractivity contribution in [3.63, 3.8) is 0 Å². The van der Waals surface area contributed by atoms with E-state index >= 15 is 0 Å². The Kier molecular flexibility index (Phi) is 1.87. The van der Waals surface area contributed by atoms with Gasteiger partial charge in [0.1, 0.15) is 0 Å². The van der Waals surface area contributed by atoms with Gasteiger partial charge in [-0.2, -0.15) is 0 Å². The van der Waals surface area contributed by atoms with Gasteiger partial charge in [-0.3, -0.25) is 0 Å². The van der Waals surface area contributed by atoms with E-state index in [1.54, 1.807) is 0 Å². The predicted molar refractivity (Wildman–Crippen MR) is 30.0 cm³/mol. The Hall–Kier alpha value is -0.800. The molecule has 1 saturated carbocycles. The van der Waals surface area contributed by atoms with Crippen LogP contribution in [0.15, 0.2) is 0 Å². The zero-order valence-electron chi connectivity index (χ0n) is 4.95. The van der Waals surface area contributed by atoms with Crippen molar-refractivity contribution >= 4 is 0 Å². The fraction of sp³-hybridized carbons (Fsp3) is 0.800. The van der Waals surface area contributed by atoms with Gasteiger partial charge in [-0.1, -0.05) is 0 Å². The first-order valence-electron chi connectivity index (χ1n) is 2.89. The lowest BCUT2D eigenvalue weighted by molar-refractivity contribution is -0.757. The van der Waals surface area contributed by atoms with E-state index in [9.17, 15) is 10.1 Å². The highest BCUT2D eigenvalue weighted by atomic mass is 16.9. The summed E-state index contributed by atoms with van der Waals surface area (Å²) in [6.07, 6.45) is 4.01. The molecule has 1 atom stereocenters. The van der Waals surface area contributed by atoms with Crippen LogP contribution in [0.3, 0.4) is 0 Å². The van der Waals surface area contributed by atoms with Crippen molar-refractivity contribution in [2.45, 2.75) is 12.8 Å². The predicted octanol–water partition coefficient (Wildman–Crippen LogP) is 0.809. The molecule has 0 heterocycles. The summed E-state index contributed by atoms with van der Waals surface area (Å²) in [6.45, 7) is 0.244. The highest BCUT2D eigenvalue weighted by Gasteiger charge is 2.21. The maximum atomic E-state index is 9.57. The fourth-order valence-electron chi connectivity index (χ4n) is 0.611. The van der Waals surface area contributed by atoms with Crippen molar-refractivity contribution in [3.8, 4) is 0 Å². The van der Waals surface area contributed by atoms with Gasteiger partial charge in [0.15, 0.2) is 0 Å². The minimum absolute atomic E-state index is 0.244. The zero-order valence-corrected chi connectivity index (χ0v) is 4.95. The maximum absolute atomic E-state index is 9.57. The fourth-order valence-corrected chi connectivity index (χ4v) is 0.611. The van der Waals surface area contributed by atoms with E-state index < -0.39 is 5.09 Å². The first-order valence-corrected chi connectivity index (χ1v) is 2.89. The van der Waals surface area contributed by atoms with Crippen molar-refractivity contribution < 1.29 is 9.92 Å². The summed E-state index contributed by atoms with van der Waals surface area (Å²) in [5.41, 5.74) is 0. The standard InChI is InChI=1S/C5H8NO3/c7-6(8)9-4-3-5-1-2-5/h1,5H,2-4H2. The maximum Gasteiger partial charge on any atom is 0.294 e. The summed E-state index contributed by atoms with van der Waals surface area (Å²) in [6, 6.07) is 0. The second kappa shape index (κ2) is 2.66. The van der Waals surface area contributed by atoms with E-state index in [0.717, 1.165) is 12.8 Å². The van der Waals surface area contributed by atoms with E-state index in [-0.39, 0.29) is 6.61 Å². The number of nitrogens with zero attached hydrogens (tertiary/aromatic N) is 1. The SMILES string of the molecule is O=[N+]([O-])OCCC1[CH]C1. The molecule has 0 aromatic heterocycles. The molecule has 0 aliphatic heterocycles. The lowest BCUT2D eigenvalue weighted by Gasteiger charge is -1.93. The molecule has 1 unspecified atom stereocenters. The summed E-state index contributed by atoms with van der Waals surface area (Å²) < 4.78 is 0. The minimum Gasteiger partial charge on any atom is -0.314 e. The van der Waals surface area contributed by atoms with Crippen LogP contribution in [0, 0.1) is 22.5 Å². The Bertz CT molecular complexity index is 111. The van der Waals surface area contributed by atoms with Gasteiger partial charge in [-0.05, 0) is 25.2 Å². The molecule has 51 valence electrons. The summed E-state index contributed by atoms with van der Waals surface area (Å²) in [7, 11) is 0.